The van der Waals surface area contributed by atoms with Crippen molar-refractivity contribution in [3.8, 4) is 11.3 Å². The van der Waals surface area contributed by atoms with Crippen molar-refractivity contribution in [3.63, 3.8) is 0 Å². The van der Waals surface area contributed by atoms with E-state index in [2.05, 4.69) is 15.3 Å². The summed E-state index contributed by atoms with van der Waals surface area (Å²) < 4.78 is 0. The van der Waals surface area contributed by atoms with Crippen molar-refractivity contribution in [2.45, 2.75) is 12.5 Å². The smallest absolute Gasteiger partial charge is 0.409 e. The maximum absolute atomic E-state index is 10.6. The van der Waals surface area contributed by atoms with E-state index in [-0.39, 0.29) is 6.04 Å². The SMILES string of the molecule is NC(Cc1ccccc1)c1nc(-c2ccc(NC(=O)O)cc2)c(Cl)[nH]1. The van der Waals surface area contributed by atoms with Gasteiger partial charge in [0.2, 0.25) is 0 Å². The molecular formula is C18H17ClN4O2. The molecule has 1 amide bonds. The number of aromatic nitrogens is 2. The standard InChI is InChI=1S/C18H17ClN4O2/c19-16-15(12-6-8-13(9-7-12)21-18(24)25)22-17(23-16)14(20)10-11-4-2-1-3-5-11/h1-9,14,21H,10,20H2,(H,22,23)(H,24,25). The number of carboxylic acid groups (broad SMARTS) is 1. The Labute approximate surface area is 149 Å². The van der Waals surface area contributed by atoms with E-state index in [1.54, 1.807) is 24.3 Å². The van der Waals surface area contributed by atoms with Gasteiger partial charge >= 0.3 is 6.09 Å². The lowest BCUT2D eigenvalue weighted by molar-refractivity contribution is 0.210. The lowest BCUT2D eigenvalue weighted by Gasteiger charge is -2.08. The molecule has 0 spiro atoms. The number of hydrogen-bond acceptors (Lipinski definition) is 3. The van der Waals surface area contributed by atoms with Crippen LogP contribution in [0.5, 0.6) is 0 Å². The summed E-state index contributed by atoms with van der Waals surface area (Å²) in [6, 6.07) is 16.4. The van der Waals surface area contributed by atoms with Gasteiger partial charge in [-0.3, -0.25) is 5.32 Å². The van der Waals surface area contributed by atoms with Gasteiger partial charge in [-0.2, -0.15) is 0 Å². The molecule has 3 aromatic rings. The molecule has 6 nitrogen and oxygen atoms in total. The van der Waals surface area contributed by atoms with E-state index in [0.717, 1.165) is 11.1 Å². The highest BCUT2D eigenvalue weighted by Gasteiger charge is 2.16. The van der Waals surface area contributed by atoms with Crippen LogP contribution in [-0.4, -0.2) is 21.2 Å². The van der Waals surface area contributed by atoms with E-state index < -0.39 is 6.09 Å². The zero-order valence-electron chi connectivity index (χ0n) is 13.2. The Morgan fingerprint density at radius 1 is 1.20 bits per heavy atom. The van der Waals surface area contributed by atoms with Gasteiger partial charge in [-0.15, -0.1) is 0 Å². The van der Waals surface area contributed by atoms with Crippen molar-refractivity contribution in [1.82, 2.24) is 9.97 Å². The van der Waals surface area contributed by atoms with Crippen LogP contribution in [0.3, 0.4) is 0 Å². The average molecular weight is 357 g/mol. The molecule has 3 rings (SSSR count). The molecule has 25 heavy (non-hydrogen) atoms. The van der Waals surface area contributed by atoms with Gasteiger partial charge in [0.1, 0.15) is 16.7 Å². The molecule has 128 valence electrons. The number of rotatable bonds is 5. The van der Waals surface area contributed by atoms with E-state index in [9.17, 15) is 4.79 Å². The number of hydrogen-bond donors (Lipinski definition) is 4. The van der Waals surface area contributed by atoms with Crippen LogP contribution in [0, 0.1) is 0 Å². The molecule has 0 aliphatic rings. The molecule has 0 fully saturated rings. The lowest BCUT2D eigenvalue weighted by atomic mass is 10.1. The van der Waals surface area contributed by atoms with Crippen LogP contribution in [0.1, 0.15) is 17.4 Å². The number of benzene rings is 2. The molecule has 1 atom stereocenters. The van der Waals surface area contributed by atoms with Gasteiger partial charge in [0.25, 0.3) is 0 Å². The number of halogens is 1. The van der Waals surface area contributed by atoms with Crippen LogP contribution in [-0.2, 0) is 6.42 Å². The highest BCUT2D eigenvalue weighted by atomic mass is 35.5. The fourth-order valence-electron chi connectivity index (χ4n) is 2.54. The molecule has 0 saturated heterocycles. The van der Waals surface area contributed by atoms with Gasteiger partial charge in [-0.05, 0) is 24.1 Å². The Morgan fingerprint density at radius 2 is 1.88 bits per heavy atom. The predicted molar refractivity (Wildman–Crippen MR) is 97.8 cm³/mol. The Kier molecular flexibility index (Phi) is 5.02. The van der Waals surface area contributed by atoms with E-state index in [4.69, 9.17) is 22.4 Å². The summed E-state index contributed by atoms with van der Waals surface area (Å²) in [5.74, 6) is 0.608. The topological polar surface area (TPSA) is 104 Å². The highest BCUT2D eigenvalue weighted by molar-refractivity contribution is 6.31. The largest absolute Gasteiger partial charge is 0.465 e. The second-order valence-corrected chi connectivity index (χ2v) is 5.97. The fourth-order valence-corrected chi connectivity index (χ4v) is 2.78. The minimum Gasteiger partial charge on any atom is -0.465 e. The van der Waals surface area contributed by atoms with Crippen molar-refractivity contribution in [2.75, 3.05) is 5.32 Å². The van der Waals surface area contributed by atoms with Gasteiger partial charge < -0.3 is 15.8 Å². The number of imidazole rings is 1. The second kappa shape index (κ2) is 7.38. The van der Waals surface area contributed by atoms with Crippen molar-refractivity contribution >= 4 is 23.4 Å². The summed E-state index contributed by atoms with van der Waals surface area (Å²) in [6.45, 7) is 0. The van der Waals surface area contributed by atoms with Gasteiger partial charge in [0, 0.05) is 11.3 Å². The summed E-state index contributed by atoms with van der Waals surface area (Å²) in [5, 5.41) is 11.4. The molecule has 5 N–H and O–H groups in total. The third-order valence-electron chi connectivity index (χ3n) is 3.74. The Hall–Kier alpha value is -2.83. The Balaban J connectivity index is 1.79. The summed E-state index contributed by atoms with van der Waals surface area (Å²) in [5.41, 5.74) is 9.19. The number of nitrogens with one attached hydrogen (secondary N) is 2. The number of anilines is 1. The first-order valence-corrected chi connectivity index (χ1v) is 8.06. The summed E-state index contributed by atoms with van der Waals surface area (Å²) in [4.78, 5) is 18.2. The van der Waals surface area contributed by atoms with Crippen LogP contribution >= 0.6 is 11.6 Å². The van der Waals surface area contributed by atoms with Gasteiger partial charge in [0.05, 0.1) is 6.04 Å². The number of carbonyl (C=O) groups is 1. The number of nitrogens with zero attached hydrogens (tertiary/aromatic N) is 1. The summed E-state index contributed by atoms with van der Waals surface area (Å²) >= 11 is 6.27. The zero-order valence-corrected chi connectivity index (χ0v) is 14.0. The molecule has 1 unspecified atom stereocenters. The monoisotopic (exact) mass is 356 g/mol. The third kappa shape index (κ3) is 4.17. The van der Waals surface area contributed by atoms with Crippen LogP contribution in [0.4, 0.5) is 10.5 Å². The minimum atomic E-state index is -1.11. The lowest BCUT2D eigenvalue weighted by Crippen LogP contribution is -2.15. The average Bonchev–Trinajstić information content (AvgIpc) is 2.98. The Bertz CT molecular complexity index is 863. The number of H-pyrrole nitrogens is 1. The molecule has 0 bridgehead atoms. The van der Waals surface area contributed by atoms with Gasteiger partial charge in [-0.1, -0.05) is 54.1 Å². The molecule has 2 aromatic carbocycles. The summed E-state index contributed by atoms with van der Waals surface area (Å²) in [7, 11) is 0. The quantitative estimate of drug-likeness (QED) is 0.553. The van der Waals surface area contributed by atoms with Crippen molar-refractivity contribution in [2.24, 2.45) is 5.73 Å². The molecule has 1 aromatic heterocycles. The molecule has 0 saturated carbocycles. The van der Waals surface area contributed by atoms with Gasteiger partial charge in [-0.25, -0.2) is 9.78 Å². The second-order valence-electron chi connectivity index (χ2n) is 5.59. The van der Waals surface area contributed by atoms with E-state index in [1.165, 1.54) is 0 Å². The molecular weight excluding hydrogens is 340 g/mol. The first-order chi connectivity index (χ1) is 12.0. The molecule has 1 heterocycles. The minimum absolute atomic E-state index is 0.304. The number of nitrogens with two attached hydrogens (primary N) is 1. The molecule has 0 aliphatic carbocycles. The van der Waals surface area contributed by atoms with Crippen molar-refractivity contribution < 1.29 is 9.90 Å². The number of amides is 1. The van der Waals surface area contributed by atoms with Crippen LogP contribution in [0.25, 0.3) is 11.3 Å². The van der Waals surface area contributed by atoms with E-state index in [1.807, 2.05) is 30.3 Å². The van der Waals surface area contributed by atoms with Crippen LogP contribution in [0.15, 0.2) is 54.6 Å². The zero-order chi connectivity index (χ0) is 17.8. The first kappa shape index (κ1) is 17.0. The van der Waals surface area contributed by atoms with E-state index >= 15 is 0 Å². The van der Waals surface area contributed by atoms with E-state index in [0.29, 0.717) is 28.8 Å². The van der Waals surface area contributed by atoms with Crippen LogP contribution < -0.4 is 11.1 Å². The van der Waals surface area contributed by atoms with Crippen molar-refractivity contribution in [1.29, 1.82) is 0 Å². The predicted octanol–water partition coefficient (Wildman–Crippen LogP) is 4.06. The normalized spacial score (nSPS) is 11.9. The maximum atomic E-state index is 10.6. The summed E-state index contributed by atoms with van der Waals surface area (Å²) in [6.07, 6.45) is -0.467. The molecule has 7 heteroatoms. The molecule has 0 aliphatic heterocycles. The van der Waals surface area contributed by atoms with Gasteiger partial charge in [0.15, 0.2) is 0 Å². The Morgan fingerprint density at radius 3 is 2.52 bits per heavy atom. The fraction of sp³-hybridized carbons (Fsp3) is 0.111. The highest BCUT2D eigenvalue weighted by Crippen LogP contribution is 2.28. The number of aromatic amines is 1. The van der Waals surface area contributed by atoms with Crippen molar-refractivity contribution in [3.05, 3.63) is 71.1 Å². The van der Waals surface area contributed by atoms with Crippen LogP contribution in [0.2, 0.25) is 5.15 Å². The third-order valence-corrected chi connectivity index (χ3v) is 4.01. The first-order valence-electron chi connectivity index (χ1n) is 7.68. The molecule has 0 radical (unpaired) electrons. The maximum Gasteiger partial charge on any atom is 0.409 e.